The molecule has 1 aromatic rings. The number of hydrogen-bond acceptors (Lipinski definition) is 5. The lowest BCUT2D eigenvalue weighted by atomic mass is 9.78. The maximum atomic E-state index is 13.1. The number of halogens is 3. The number of carbonyl (C=O) groups excluding carboxylic acids is 3. The van der Waals surface area contributed by atoms with E-state index in [1.54, 1.807) is 26.0 Å². The lowest BCUT2D eigenvalue weighted by Gasteiger charge is -2.52. The second-order valence-corrected chi connectivity index (χ2v) is 11.9. The van der Waals surface area contributed by atoms with Crippen LogP contribution in [0.25, 0.3) is 0 Å². The Bertz CT molecular complexity index is 943. The number of carbonyl (C=O) groups is 4. The number of imide groups is 1. The lowest BCUT2D eigenvalue weighted by Crippen LogP contribution is -2.76. The van der Waals surface area contributed by atoms with Crippen LogP contribution in [0.4, 0.5) is 0 Å². The van der Waals surface area contributed by atoms with E-state index >= 15 is 0 Å². The molecule has 3 atom stereocenters. The normalized spacial score (nSPS) is 30.3. The van der Waals surface area contributed by atoms with Crippen LogP contribution in [0.15, 0.2) is 24.3 Å². The van der Waals surface area contributed by atoms with Crippen LogP contribution < -0.4 is 0 Å². The summed E-state index contributed by atoms with van der Waals surface area (Å²) in [4.78, 5) is 53.2. The van der Waals surface area contributed by atoms with Gasteiger partial charge >= 0.3 is 5.97 Å². The van der Waals surface area contributed by atoms with E-state index < -0.39 is 55.6 Å². The molecule has 0 aromatic heterocycles. The average Bonchev–Trinajstić information content (AvgIpc) is 2.96. The van der Waals surface area contributed by atoms with Crippen LogP contribution in [0.5, 0.6) is 0 Å². The number of aliphatic carboxylic acids is 1. The van der Waals surface area contributed by atoms with E-state index in [9.17, 15) is 24.3 Å². The topological polar surface area (TPSA) is 95.0 Å². The van der Waals surface area contributed by atoms with Crippen LogP contribution in [0.3, 0.4) is 0 Å². The second kappa shape index (κ2) is 6.26. The number of benzene rings is 1. The zero-order chi connectivity index (χ0) is 21.5. The molecule has 0 saturated carbocycles. The summed E-state index contributed by atoms with van der Waals surface area (Å²) in [5.41, 5.74) is -1.37. The lowest BCUT2D eigenvalue weighted by molar-refractivity contribution is -0.174. The number of amides is 3. The van der Waals surface area contributed by atoms with E-state index in [2.05, 4.69) is 0 Å². The van der Waals surface area contributed by atoms with Gasteiger partial charge in [0.1, 0.15) is 11.4 Å². The standard InChI is InChI=1S/C18H15Cl3N2O5S/c1-16(2)17(15(27)28,7-18(19,20)21)23-13(26)10(14(23)29-16)22-11(24)8-5-3-4-6-9(8)12(22)25/h3-6,10,14H,7H2,1-2H3,(H,27,28)/t10?,14-,17?/m1/s1. The van der Waals surface area contributed by atoms with Gasteiger partial charge in [-0.2, -0.15) is 0 Å². The van der Waals surface area contributed by atoms with Crippen molar-refractivity contribution in [2.24, 2.45) is 0 Å². The van der Waals surface area contributed by atoms with Crippen molar-refractivity contribution in [2.45, 2.75) is 45.8 Å². The molecule has 0 aliphatic carbocycles. The minimum absolute atomic E-state index is 0.219. The van der Waals surface area contributed by atoms with Crippen LogP contribution in [0, 0.1) is 0 Å². The van der Waals surface area contributed by atoms with Gasteiger partial charge in [-0.25, -0.2) is 4.79 Å². The van der Waals surface area contributed by atoms with E-state index in [4.69, 9.17) is 34.8 Å². The summed E-state index contributed by atoms with van der Waals surface area (Å²) in [6, 6.07) is 5.20. The molecular weight excluding hydrogens is 463 g/mol. The smallest absolute Gasteiger partial charge is 0.331 e. The molecule has 2 fully saturated rings. The molecular formula is C18H15Cl3N2O5S. The van der Waals surface area contributed by atoms with E-state index in [1.807, 2.05) is 0 Å². The first-order chi connectivity index (χ1) is 13.3. The minimum Gasteiger partial charge on any atom is -0.479 e. The highest BCUT2D eigenvalue weighted by molar-refractivity contribution is 8.01. The van der Waals surface area contributed by atoms with Crippen LogP contribution in [-0.4, -0.2) is 64.1 Å². The minimum atomic E-state index is -1.92. The van der Waals surface area contributed by atoms with Crippen LogP contribution >= 0.6 is 46.6 Å². The molecule has 2 unspecified atom stereocenters. The fourth-order valence-electron chi connectivity index (χ4n) is 4.38. The quantitative estimate of drug-likeness (QED) is 0.409. The summed E-state index contributed by atoms with van der Waals surface area (Å²) in [6.07, 6.45) is -0.433. The molecule has 0 radical (unpaired) electrons. The van der Waals surface area contributed by atoms with Gasteiger partial charge in [-0.05, 0) is 26.0 Å². The number of carboxylic acid groups (broad SMARTS) is 1. The second-order valence-electron chi connectivity index (χ2n) is 7.66. The first-order valence-corrected chi connectivity index (χ1v) is 10.6. The van der Waals surface area contributed by atoms with Crippen molar-refractivity contribution >= 4 is 70.3 Å². The molecule has 7 nitrogen and oxygen atoms in total. The van der Waals surface area contributed by atoms with Crippen LogP contribution in [0.2, 0.25) is 0 Å². The summed E-state index contributed by atoms with van der Waals surface area (Å²) in [6.45, 7) is 3.29. The third-order valence-corrected chi connectivity index (χ3v) is 7.79. The van der Waals surface area contributed by atoms with Crippen molar-refractivity contribution in [1.82, 2.24) is 9.80 Å². The number of thioether (sulfide) groups is 1. The summed E-state index contributed by atoms with van der Waals surface area (Å²) >= 11 is 19.0. The molecule has 29 heavy (non-hydrogen) atoms. The molecule has 4 rings (SSSR count). The van der Waals surface area contributed by atoms with Gasteiger partial charge in [-0.3, -0.25) is 19.3 Å². The van der Waals surface area contributed by atoms with Gasteiger partial charge in [0.25, 0.3) is 17.7 Å². The molecule has 3 aliphatic rings. The van der Waals surface area contributed by atoms with Gasteiger partial charge in [-0.15, -0.1) is 11.8 Å². The molecule has 3 aliphatic heterocycles. The number of alkyl halides is 3. The molecule has 0 bridgehead atoms. The Morgan fingerprint density at radius 3 is 2.10 bits per heavy atom. The van der Waals surface area contributed by atoms with Crippen molar-refractivity contribution in [3.63, 3.8) is 0 Å². The van der Waals surface area contributed by atoms with Gasteiger partial charge in [-0.1, -0.05) is 46.9 Å². The van der Waals surface area contributed by atoms with E-state index in [0.29, 0.717) is 0 Å². The van der Waals surface area contributed by atoms with Crippen molar-refractivity contribution < 1.29 is 24.3 Å². The Balaban J connectivity index is 1.74. The van der Waals surface area contributed by atoms with Crippen molar-refractivity contribution in [2.75, 3.05) is 0 Å². The van der Waals surface area contributed by atoms with Crippen molar-refractivity contribution in [3.05, 3.63) is 35.4 Å². The van der Waals surface area contributed by atoms with Gasteiger partial charge in [0.15, 0.2) is 9.33 Å². The first-order valence-electron chi connectivity index (χ1n) is 8.61. The van der Waals surface area contributed by atoms with E-state index in [-0.39, 0.29) is 11.1 Å². The number of rotatable bonds is 3. The molecule has 11 heteroatoms. The number of hydrogen-bond donors (Lipinski definition) is 1. The number of carboxylic acids is 1. The van der Waals surface area contributed by atoms with Crippen molar-refractivity contribution in [1.29, 1.82) is 0 Å². The average molecular weight is 478 g/mol. The van der Waals surface area contributed by atoms with E-state index in [0.717, 1.165) is 9.80 Å². The van der Waals surface area contributed by atoms with Crippen molar-refractivity contribution in [3.8, 4) is 0 Å². The number of nitrogens with zero attached hydrogens (tertiary/aromatic N) is 2. The third-order valence-electron chi connectivity index (χ3n) is 5.75. The molecule has 2 saturated heterocycles. The summed E-state index contributed by atoms with van der Waals surface area (Å²) in [7, 11) is 0. The first kappa shape index (κ1) is 20.8. The Kier molecular flexibility index (Phi) is 4.49. The molecule has 3 heterocycles. The molecule has 1 aromatic carbocycles. The molecule has 154 valence electrons. The molecule has 3 amide bonds. The zero-order valence-corrected chi connectivity index (χ0v) is 18.3. The number of fused-ring (bicyclic) bond motifs is 2. The summed E-state index contributed by atoms with van der Waals surface area (Å²) in [5, 5.41) is 9.32. The van der Waals surface area contributed by atoms with Gasteiger partial charge in [0, 0.05) is 11.2 Å². The zero-order valence-electron chi connectivity index (χ0n) is 15.2. The largest absolute Gasteiger partial charge is 0.479 e. The van der Waals surface area contributed by atoms with E-state index in [1.165, 1.54) is 23.9 Å². The SMILES string of the molecule is CC1(C)S[C@@H]2C(N3C(=O)c4ccccc4C3=O)C(=O)N2C1(CC(Cl)(Cl)Cl)C(=O)O. The highest BCUT2D eigenvalue weighted by Crippen LogP contribution is 2.61. The Hall–Kier alpha value is -1.48. The fraction of sp³-hybridized carbons (Fsp3) is 0.444. The summed E-state index contributed by atoms with van der Waals surface area (Å²) in [5.74, 6) is -3.11. The number of β-lactam (4-membered cyclic amide) rings is 1. The molecule has 1 N–H and O–H groups in total. The Morgan fingerprint density at radius 2 is 1.66 bits per heavy atom. The third kappa shape index (κ3) is 2.65. The highest BCUT2D eigenvalue weighted by Gasteiger charge is 2.75. The predicted molar refractivity (Wildman–Crippen MR) is 108 cm³/mol. The van der Waals surface area contributed by atoms with Crippen LogP contribution in [0.1, 0.15) is 41.0 Å². The Morgan fingerprint density at radius 1 is 1.14 bits per heavy atom. The maximum absolute atomic E-state index is 13.1. The Labute approximate surface area is 185 Å². The van der Waals surface area contributed by atoms with Gasteiger partial charge in [0.2, 0.25) is 0 Å². The van der Waals surface area contributed by atoms with Gasteiger partial charge < -0.3 is 10.0 Å². The monoisotopic (exact) mass is 476 g/mol. The predicted octanol–water partition coefficient (Wildman–Crippen LogP) is 2.93. The van der Waals surface area contributed by atoms with Gasteiger partial charge in [0.05, 0.1) is 11.1 Å². The molecule has 0 spiro atoms. The fourth-order valence-corrected chi connectivity index (χ4v) is 6.78. The highest BCUT2D eigenvalue weighted by atomic mass is 35.6. The maximum Gasteiger partial charge on any atom is 0.331 e. The summed E-state index contributed by atoms with van der Waals surface area (Å²) < 4.78 is -2.97. The van der Waals surface area contributed by atoms with Crippen LogP contribution in [-0.2, 0) is 9.59 Å².